The Bertz CT molecular complexity index is 2690. The molecule has 5 aromatic carbocycles. The van der Waals surface area contributed by atoms with Crippen LogP contribution in [-0.2, 0) is 21.7 Å². The molecule has 1 aliphatic heterocycles. The topological polar surface area (TPSA) is 33.5 Å². The first kappa shape index (κ1) is 40.0. The number of ether oxygens (including phenoxy) is 1. The van der Waals surface area contributed by atoms with Gasteiger partial charge in [-0.05, 0) is 104 Å². The Balaban J connectivity index is 1.18. The summed E-state index contributed by atoms with van der Waals surface area (Å²) in [6, 6.07) is 41.9. The third kappa shape index (κ3) is 8.00. The largest absolute Gasteiger partial charge is 0.457 e. The van der Waals surface area contributed by atoms with E-state index in [-0.39, 0.29) is 21.7 Å². The molecule has 59 heavy (non-hydrogen) atoms. The van der Waals surface area contributed by atoms with Crippen molar-refractivity contribution in [3.8, 4) is 28.4 Å². The highest BCUT2D eigenvalue weighted by Crippen LogP contribution is 2.41. The summed E-state index contributed by atoms with van der Waals surface area (Å²) in [5.41, 5.74) is 12.1. The van der Waals surface area contributed by atoms with Crippen LogP contribution in [0.25, 0.3) is 38.8 Å². The molecule has 3 heterocycles. The Hall–Kier alpha value is -5.81. The summed E-state index contributed by atoms with van der Waals surface area (Å²) < 4.78 is 9.08. The number of nitrogens with zero attached hydrogens (tertiary/aromatic N) is 4. The van der Waals surface area contributed by atoms with Crippen molar-refractivity contribution in [3.63, 3.8) is 0 Å². The maximum absolute atomic E-state index is 6.72. The Morgan fingerprint density at radius 3 is 1.75 bits per heavy atom. The van der Waals surface area contributed by atoms with Gasteiger partial charge in [0.1, 0.15) is 17.3 Å². The fourth-order valence-electron chi connectivity index (χ4n) is 8.10. The van der Waals surface area contributed by atoms with E-state index in [9.17, 15) is 0 Å². The van der Waals surface area contributed by atoms with Crippen molar-refractivity contribution in [2.24, 2.45) is 0 Å². The van der Waals surface area contributed by atoms with Crippen LogP contribution in [0.5, 0.6) is 11.5 Å². The van der Waals surface area contributed by atoms with Crippen LogP contribution in [0.15, 0.2) is 134 Å². The lowest BCUT2D eigenvalue weighted by Gasteiger charge is -2.26. The number of hydrogen-bond donors (Lipinski definition) is 0. The van der Waals surface area contributed by atoms with Crippen molar-refractivity contribution < 1.29 is 4.74 Å². The molecule has 0 saturated heterocycles. The normalized spacial score (nSPS) is 13.9. The van der Waals surface area contributed by atoms with Gasteiger partial charge in [-0.3, -0.25) is 4.57 Å². The molecule has 0 spiro atoms. The third-order valence-electron chi connectivity index (χ3n) is 11.7. The number of rotatable bonds is 6. The van der Waals surface area contributed by atoms with Gasteiger partial charge in [0.15, 0.2) is 0 Å². The van der Waals surface area contributed by atoms with Crippen LogP contribution in [0, 0.1) is 0 Å². The zero-order valence-corrected chi connectivity index (χ0v) is 37.1. The molecule has 1 aliphatic rings. The molecule has 0 radical (unpaired) electrons. The van der Waals surface area contributed by atoms with Gasteiger partial charge in [0.25, 0.3) is 0 Å². The summed E-state index contributed by atoms with van der Waals surface area (Å²) in [7, 11) is 0. The van der Waals surface area contributed by atoms with E-state index in [0.29, 0.717) is 0 Å². The van der Waals surface area contributed by atoms with Gasteiger partial charge >= 0.3 is 0 Å². The van der Waals surface area contributed by atoms with Gasteiger partial charge in [-0.15, -0.1) is 0 Å². The summed E-state index contributed by atoms with van der Waals surface area (Å²) in [5.74, 6) is 2.45. The van der Waals surface area contributed by atoms with Gasteiger partial charge in [-0.1, -0.05) is 138 Å². The Kier molecular flexibility index (Phi) is 9.81. The van der Waals surface area contributed by atoms with Gasteiger partial charge in [-0.2, -0.15) is 0 Å². The van der Waals surface area contributed by atoms with E-state index >= 15 is 0 Å². The highest BCUT2D eigenvalue weighted by molar-refractivity contribution is 6.11. The lowest BCUT2D eigenvalue weighted by atomic mass is 9.79. The second kappa shape index (κ2) is 14.5. The van der Waals surface area contributed by atoms with E-state index in [1.165, 1.54) is 49.8 Å². The fraction of sp³-hybridized carbons (Fsp3) is 0.315. The molecule has 2 aromatic heterocycles. The zero-order chi connectivity index (χ0) is 42.1. The molecule has 0 atom stereocenters. The summed E-state index contributed by atoms with van der Waals surface area (Å²) in [6.07, 6.45) is 6.26. The van der Waals surface area contributed by atoms with Crippen molar-refractivity contribution in [1.29, 1.82) is 0 Å². The van der Waals surface area contributed by atoms with Crippen LogP contribution < -0.4 is 14.5 Å². The maximum atomic E-state index is 6.72. The minimum atomic E-state index is -0.0966. The number of fused-ring (bicyclic) bond motifs is 3. The van der Waals surface area contributed by atoms with Crippen molar-refractivity contribution in [3.05, 3.63) is 156 Å². The average molecular weight is 781 g/mol. The van der Waals surface area contributed by atoms with Crippen LogP contribution >= 0.6 is 0 Å². The summed E-state index contributed by atoms with van der Waals surface area (Å²) in [4.78, 5) is 9.64. The van der Waals surface area contributed by atoms with E-state index < -0.39 is 0 Å². The first-order valence-corrected chi connectivity index (χ1v) is 21.0. The minimum Gasteiger partial charge on any atom is -0.457 e. The first-order valence-electron chi connectivity index (χ1n) is 21.0. The maximum Gasteiger partial charge on any atom is 0.138 e. The lowest BCUT2D eigenvalue weighted by Crippen LogP contribution is -2.25. The molecular formula is C54H60N4O. The molecule has 0 amide bonds. The molecule has 7 aromatic rings. The predicted octanol–water partition coefficient (Wildman–Crippen LogP) is 14.6. The fourth-order valence-corrected chi connectivity index (χ4v) is 8.10. The van der Waals surface area contributed by atoms with Gasteiger partial charge in [0, 0.05) is 52.9 Å². The van der Waals surface area contributed by atoms with E-state index in [1.54, 1.807) is 0 Å². The van der Waals surface area contributed by atoms with Gasteiger partial charge in [-0.25, -0.2) is 4.98 Å². The first-order chi connectivity index (χ1) is 27.7. The van der Waals surface area contributed by atoms with Crippen LogP contribution in [-0.4, -0.2) is 16.2 Å². The molecule has 0 aliphatic carbocycles. The Morgan fingerprint density at radius 2 is 1.10 bits per heavy atom. The molecule has 8 rings (SSSR count). The quantitative estimate of drug-likeness (QED) is 0.168. The summed E-state index contributed by atoms with van der Waals surface area (Å²) >= 11 is 0. The number of pyridine rings is 1. The molecule has 302 valence electrons. The second-order valence-corrected chi connectivity index (χ2v) is 20.4. The molecular weight excluding hydrogens is 721 g/mol. The van der Waals surface area contributed by atoms with Gasteiger partial charge < -0.3 is 14.5 Å². The molecule has 0 N–H and O–H groups in total. The van der Waals surface area contributed by atoms with E-state index in [4.69, 9.17) is 9.72 Å². The van der Waals surface area contributed by atoms with Gasteiger partial charge in [0.05, 0.1) is 17.7 Å². The number of aromatic nitrogens is 2. The number of benzene rings is 5. The lowest BCUT2D eigenvalue weighted by molar-refractivity contribution is 0.483. The van der Waals surface area contributed by atoms with Crippen LogP contribution in [0.2, 0.25) is 0 Å². The standard InChI is InChI=1S/C54H60N4O/c1-51(2,3)38-16-13-17-41(32-38)56-26-27-57(35-56)42-18-14-19-43(33-42)59-44-22-23-45-46-20-15-21-47(54(10,11)12)50(46)58(48(45)34-44)49-30-36(24-25-55-49)37-28-39(52(4,5)6)31-40(29-37)53(7,8)9/h13-34H,35H2,1-12H3. The average Bonchev–Trinajstić information content (AvgIpc) is 3.80. The molecule has 0 fully saturated rings. The zero-order valence-electron chi connectivity index (χ0n) is 37.1. The van der Waals surface area contributed by atoms with Crippen molar-refractivity contribution in [1.82, 2.24) is 9.55 Å². The Labute approximate surface area is 352 Å². The van der Waals surface area contributed by atoms with E-state index in [2.05, 4.69) is 219 Å². The third-order valence-corrected chi connectivity index (χ3v) is 11.7. The highest BCUT2D eigenvalue weighted by Gasteiger charge is 2.25. The highest BCUT2D eigenvalue weighted by atomic mass is 16.5. The smallest absolute Gasteiger partial charge is 0.138 e. The van der Waals surface area contributed by atoms with Crippen molar-refractivity contribution >= 4 is 33.2 Å². The molecule has 0 bridgehead atoms. The molecule has 5 nitrogen and oxygen atoms in total. The predicted molar refractivity (Wildman–Crippen MR) is 251 cm³/mol. The number of anilines is 2. The molecule has 0 saturated carbocycles. The summed E-state index contributed by atoms with van der Waals surface area (Å²) in [6.45, 7) is 28.1. The number of hydrogen-bond acceptors (Lipinski definition) is 4. The minimum absolute atomic E-state index is 0.0143. The van der Waals surface area contributed by atoms with Crippen molar-refractivity contribution in [2.45, 2.75) is 105 Å². The van der Waals surface area contributed by atoms with Crippen LogP contribution in [0.3, 0.4) is 0 Å². The number of para-hydroxylation sites is 1. The van der Waals surface area contributed by atoms with E-state index in [1.807, 2.05) is 12.3 Å². The van der Waals surface area contributed by atoms with Crippen LogP contribution in [0.4, 0.5) is 11.4 Å². The molecule has 0 unspecified atom stereocenters. The van der Waals surface area contributed by atoms with E-state index in [0.717, 1.165) is 40.8 Å². The molecule has 5 heteroatoms. The monoisotopic (exact) mass is 780 g/mol. The SMILES string of the molecule is CC(C)(C)c1cccc(N2C=CN(c3cccc(Oc4ccc5c6cccc(C(C)(C)C)c6n(-c6cc(-c7cc(C(C)(C)C)cc(C(C)(C)C)c7)ccn6)c5c4)c3)C2)c1. The second-order valence-electron chi connectivity index (χ2n) is 20.4. The van der Waals surface area contributed by atoms with Gasteiger partial charge in [0.2, 0.25) is 0 Å². The van der Waals surface area contributed by atoms with Crippen molar-refractivity contribution in [2.75, 3.05) is 16.5 Å². The van der Waals surface area contributed by atoms with Crippen LogP contribution in [0.1, 0.15) is 105 Å². The summed E-state index contributed by atoms with van der Waals surface area (Å²) in [5, 5.41) is 2.37. The Morgan fingerprint density at radius 1 is 0.492 bits per heavy atom.